The number of nitrogens with two attached hydrogens (primary N) is 1. The monoisotopic (exact) mass is 204 g/mol. The first-order valence-electron chi connectivity index (χ1n) is 5.10. The third kappa shape index (κ3) is 3.61. The Bertz CT molecular complexity index is 342. The van der Waals surface area contributed by atoms with Crippen LogP contribution in [0.3, 0.4) is 0 Å². The van der Waals surface area contributed by atoms with Crippen molar-refractivity contribution in [2.75, 3.05) is 6.61 Å². The van der Waals surface area contributed by atoms with Crippen molar-refractivity contribution >= 4 is 0 Å². The van der Waals surface area contributed by atoms with Gasteiger partial charge in [-0.3, -0.25) is 0 Å². The van der Waals surface area contributed by atoms with Gasteiger partial charge in [-0.05, 0) is 19.4 Å². The molecule has 3 nitrogen and oxygen atoms in total. The average Bonchev–Trinajstić information content (AvgIpc) is 2.25. The van der Waals surface area contributed by atoms with Gasteiger partial charge in [-0.25, -0.2) is 0 Å². The third-order valence-electron chi connectivity index (χ3n) is 2.10. The summed E-state index contributed by atoms with van der Waals surface area (Å²) in [5, 5.41) is 8.38. The first-order chi connectivity index (χ1) is 7.25. The average molecular weight is 204 g/mol. The van der Waals surface area contributed by atoms with Gasteiger partial charge in [0.05, 0.1) is 12.7 Å². The molecular weight excluding hydrogens is 188 g/mol. The van der Waals surface area contributed by atoms with E-state index in [2.05, 4.69) is 6.07 Å². The maximum Gasteiger partial charge on any atom is 0.124 e. The number of nitriles is 1. The molecule has 3 heteroatoms. The fourth-order valence-corrected chi connectivity index (χ4v) is 1.32. The van der Waals surface area contributed by atoms with Crippen LogP contribution in [0.1, 0.15) is 31.4 Å². The van der Waals surface area contributed by atoms with Gasteiger partial charge in [0.25, 0.3) is 0 Å². The van der Waals surface area contributed by atoms with E-state index in [-0.39, 0.29) is 6.04 Å². The summed E-state index contributed by atoms with van der Waals surface area (Å²) in [4.78, 5) is 0. The van der Waals surface area contributed by atoms with Crippen LogP contribution in [0.5, 0.6) is 5.75 Å². The fraction of sp³-hybridized carbons (Fsp3) is 0.417. The van der Waals surface area contributed by atoms with Gasteiger partial charge in [0, 0.05) is 18.0 Å². The molecule has 0 spiro atoms. The molecule has 15 heavy (non-hydrogen) atoms. The molecule has 1 rings (SSSR count). The molecule has 0 fully saturated rings. The molecule has 0 saturated carbocycles. The normalized spacial score (nSPS) is 11.8. The van der Waals surface area contributed by atoms with Crippen molar-refractivity contribution in [2.45, 2.75) is 25.8 Å². The summed E-state index contributed by atoms with van der Waals surface area (Å²) < 4.78 is 5.57. The largest absolute Gasteiger partial charge is 0.493 e. The van der Waals surface area contributed by atoms with Crippen molar-refractivity contribution in [3.05, 3.63) is 29.8 Å². The second-order valence-corrected chi connectivity index (χ2v) is 3.44. The van der Waals surface area contributed by atoms with E-state index in [0.717, 1.165) is 17.7 Å². The first kappa shape index (κ1) is 11.5. The summed E-state index contributed by atoms with van der Waals surface area (Å²) in [5.41, 5.74) is 6.82. The number of hydrogen-bond donors (Lipinski definition) is 1. The van der Waals surface area contributed by atoms with Gasteiger partial charge in [0.15, 0.2) is 0 Å². The minimum Gasteiger partial charge on any atom is -0.493 e. The zero-order valence-electron chi connectivity index (χ0n) is 8.94. The Balaban J connectivity index is 2.56. The molecule has 0 aliphatic heterocycles. The van der Waals surface area contributed by atoms with Gasteiger partial charge >= 0.3 is 0 Å². The zero-order valence-corrected chi connectivity index (χ0v) is 8.94. The van der Waals surface area contributed by atoms with Crippen LogP contribution in [-0.4, -0.2) is 6.61 Å². The van der Waals surface area contributed by atoms with Gasteiger partial charge in [0.1, 0.15) is 5.75 Å². The maximum atomic E-state index is 8.38. The Kier molecular flexibility index (Phi) is 4.65. The molecule has 1 unspecified atom stereocenters. The van der Waals surface area contributed by atoms with Crippen LogP contribution in [0.4, 0.5) is 0 Å². The lowest BCUT2D eigenvalue weighted by Gasteiger charge is -2.13. The van der Waals surface area contributed by atoms with E-state index >= 15 is 0 Å². The van der Waals surface area contributed by atoms with E-state index in [4.69, 9.17) is 15.7 Å². The Morgan fingerprint density at radius 2 is 2.20 bits per heavy atom. The molecular formula is C12H16N2O. The minimum atomic E-state index is -0.0304. The van der Waals surface area contributed by atoms with Gasteiger partial charge in [0.2, 0.25) is 0 Å². The Morgan fingerprint density at radius 3 is 2.87 bits per heavy atom. The summed E-state index contributed by atoms with van der Waals surface area (Å²) in [6.07, 6.45) is 1.28. The van der Waals surface area contributed by atoms with E-state index in [1.165, 1.54) is 0 Å². The smallest absolute Gasteiger partial charge is 0.124 e. The van der Waals surface area contributed by atoms with Crippen molar-refractivity contribution < 1.29 is 4.74 Å². The molecule has 2 N–H and O–H groups in total. The van der Waals surface area contributed by atoms with Gasteiger partial charge in [-0.1, -0.05) is 18.2 Å². The molecule has 0 aliphatic rings. The standard InChI is InChI=1S/C12H16N2O/c1-10(14)11-6-2-3-7-12(11)15-9-5-4-8-13/h2-3,6-7,10H,4-5,9,14H2,1H3. The lowest BCUT2D eigenvalue weighted by Crippen LogP contribution is -2.08. The first-order valence-corrected chi connectivity index (χ1v) is 5.10. The lowest BCUT2D eigenvalue weighted by molar-refractivity contribution is 0.308. The number of ether oxygens (including phenoxy) is 1. The summed E-state index contributed by atoms with van der Waals surface area (Å²) in [5.74, 6) is 0.824. The van der Waals surface area contributed by atoms with E-state index in [0.29, 0.717) is 13.0 Å². The van der Waals surface area contributed by atoms with E-state index < -0.39 is 0 Å². The molecule has 1 aromatic rings. The highest BCUT2D eigenvalue weighted by Gasteiger charge is 2.06. The molecule has 0 heterocycles. The second-order valence-electron chi connectivity index (χ2n) is 3.44. The molecule has 0 saturated heterocycles. The van der Waals surface area contributed by atoms with Crippen molar-refractivity contribution in [3.8, 4) is 11.8 Å². The number of hydrogen-bond acceptors (Lipinski definition) is 3. The summed E-state index contributed by atoms with van der Waals surface area (Å²) in [7, 11) is 0. The van der Waals surface area contributed by atoms with Crippen LogP contribution in [0.25, 0.3) is 0 Å². The maximum absolute atomic E-state index is 8.38. The quantitative estimate of drug-likeness (QED) is 0.749. The zero-order chi connectivity index (χ0) is 11.1. The Labute approximate surface area is 90.5 Å². The molecule has 0 radical (unpaired) electrons. The number of benzene rings is 1. The van der Waals surface area contributed by atoms with E-state index in [9.17, 15) is 0 Å². The van der Waals surface area contributed by atoms with Gasteiger partial charge in [-0.15, -0.1) is 0 Å². The molecule has 0 bridgehead atoms. The predicted octanol–water partition coefficient (Wildman–Crippen LogP) is 2.39. The van der Waals surface area contributed by atoms with Gasteiger partial charge < -0.3 is 10.5 Å². The van der Waals surface area contributed by atoms with E-state index in [1.54, 1.807) is 0 Å². The lowest BCUT2D eigenvalue weighted by atomic mass is 10.1. The van der Waals surface area contributed by atoms with Gasteiger partial charge in [-0.2, -0.15) is 5.26 Å². The van der Waals surface area contributed by atoms with Crippen molar-refractivity contribution in [3.63, 3.8) is 0 Å². The van der Waals surface area contributed by atoms with E-state index in [1.807, 2.05) is 31.2 Å². The van der Waals surface area contributed by atoms with Crippen LogP contribution in [-0.2, 0) is 0 Å². The SMILES string of the molecule is CC(N)c1ccccc1OCCCC#N. The number of rotatable bonds is 5. The van der Waals surface area contributed by atoms with Crippen molar-refractivity contribution in [1.29, 1.82) is 5.26 Å². The highest BCUT2D eigenvalue weighted by atomic mass is 16.5. The van der Waals surface area contributed by atoms with Crippen LogP contribution in [0.2, 0.25) is 0 Å². The molecule has 0 aromatic heterocycles. The molecule has 0 aliphatic carbocycles. The number of nitrogens with zero attached hydrogens (tertiary/aromatic N) is 1. The van der Waals surface area contributed by atoms with Crippen LogP contribution in [0.15, 0.2) is 24.3 Å². The highest BCUT2D eigenvalue weighted by Crippen LogP contribution is 2.23. The van der Waals surface area contributed by atoms with Crippen molar-refractivity contribution in [1.82, 2.24) is 0 Å². The van der Waals surface area contributed by atoms with Crippen LogP contribution >= 0.6 is 0 Å². The molecule has 0 amide bonds. The summed E-state index contributed by atoms with van der Waals surface area (Å²) in [6, 6.07) is 9.79. The molecule has 1 aromatic carbocycles. The van der Waals surface area contributed by atoms with Crippen molar-refractivity contribution in [2.24, 2.45) is 5.73 Å². The number of unbranched alkanes of at least 4 members (excludes halogenated alkanes) is 1. The third-order valence-corrected chi connectivity index (χ3v) is 2.10. The summed E-state index contributed by atoms with van der Waals surface area (Å²) in [6.45, 7) is 2.49. The highest BCUT2D eigenvalue weighted by molar-refractivity contribution is 5.35. The van der Waals surface area contributed by atoms with Crippen LogP contribution < -0.4 is 10.5 Å². The summed E-state index contributed by atoms with van der Waals surface area (Å²) >= 11 is 0. The Hall–Kier alpha value is -1.53. The topological polar surface area (TPSA) is 59.0 Å². The Morgan fingerprint density at radius 1 is 1.47 bits per heavy atom. The molecule has 80 valence electrons. The minimum absolute atomic E-state index is 0.0304. The number of para-hydroxylation sites is 1. The fourth-order valence-electron chi connectivity index (χ4n) is 1.32. The molecule has 1 atom stereocenters. The second kappa shape index (κ2) is 6.05. The predicted molar refractivity (Wildman–Crippen MR) is 59.4 cm³/mol. The van der Waals surface area contributed by atoms with Crippen LogP contribution in [0, 0.1) is 11.3 Å².